The third kappa shape index (κ3) is 3.54. The summed E-state index contributed by atoms with van der Waals surface area (Å²) in [6.07, 6.45) is 5.21. The van der Waals surface area contributed by atoms with Crippen LogP contribution < -0.4 is 10.3 Å². The minimum Gasteiger partial charge on any atom is -0.462 e. The predicted octanol–water partition coefficient (Wildman–Crippen LogP) is 3.60. The lowest BCUT2D eigenvalue weighted by Crippen LogP contribution is -2.16. The summed E-state index contributed by atoms with van der Waals surface area (Å²) in [5.41, 5.74) is 3.18. The van der Waals surface area contributed by atoms with Crippen molar-refractivity contribution in [1.29, 1.82) is 0 Å². The highest BCUT2D eigenvalue weighted by Crippen LogP contribution is 2.28. The molecule has 2 heterocycles. The Morgan fingerprint density at radius 2 is 2.25 bits per heavy atom. The first-order chi connectivity index (χ1) is 11.7. The Kier molecular flexibility index (Phi) is 5.05. The molecule has 0 aliphatic carbocycles. The molecule has 0 bridgehead atoms. The first-order valence-corrected chi connectivity index (χ1v) is 8.42. The van der Waals surface area contributed by atoms with Gasteiger partial charge in [0.15, 0.2) is 6.20 Å². The second kappa shape index (κ2) is 7.40. The Balaban J connectivity index is 2.04. The second-order valence-electron chi connectivity index (χ2n) is 5.20. The number of esters is 1. The average molecular weight is 387 g/mol. The molecule has 0 unspecified atom stereocenters. The lowest BCUT2D eigenvalue weighted by molar-refractivity contribution is -0.344. The van der Waals surface area contributed by atoms with E-state index in [4.69, 9.17) is 4.74 Å². The molecule has 5 nitrogen and oxygen atoms in total. The summed E-state index contributed by atoms with van der Waals surface area (Å²) >= 11 is 3.49. The number of carbonyl (C=O) groups is 1. The number of ether oxygens (including phenoxy) is 1. The number of aromatic amines is 1. The number of halogens is 1. The second-order valence-corrected chi connectivity index (χ2v) is 6.12. The molecular formula is C18H17BrN3O2+. The van der Waals surface area contributed by atoms with Gasteiger partial charge in [0.05, 0.1) is 17.7 Å². The van der Waals surface area contributed by atoms with Gasteiger partial charge < -0.3 is 10.1 Å². The van der Waals surface area contributed by atoms with Gasteiger partial charge in [0, 0.05) is 29.5 Å². The van der Waals surface area contributed by atoms with Crippen molar-refractivity contribution in [2.24, 2.45) is 0 Å². The number of rotatable bonds is 5. The van der Waals surface area contributed by atoms with E-state index in [0.29, 0.717) is 18.7 Å². The smallest absolute Gasteiger partial charge is 0.346 e. The van der Waals surface area contributed by atoms with E-state index in [2.05, 4.69) is 31.2 Å². The number of nitrogens with one attached hydrogen (secondary N) is 2. The van der Waals surface area contributed by atoms with Gasteiger partial charge in [-0.1, -0.05) is 22.0 Å². The highest BCUT2D eigenvalue weighted by molar-refractivity contribution is 9.10. The van der Waals surface area contributed by atoms with Crippen LogP contribution in [0.2, 0.25) is 0 Å². The normalized spacial score (nSPS) is 10.6. The maximum atomic E-state index is 12.3. The van der Waals surface area contributed by atoms with Gasteiger partial charge in [-0.2, -0.15) is 0 Å². The fourth-order valence-corrected chi connectivity index (χ4v) is 2.83. The van der Waals surface area contributed by atoms with Crippen LogP contribution in [0.5, 0.6) is 0 Å². The number of nitrogens with zero attached hydrogens (tertiary/aromatic N) is 1. The largest absolute Gasteiger partial charge is 0.462 e. The lowest BCUT2D eigenvalue weighted by atomic mass is 10.1. The molecule has 0 radical (unpaired) electrons. The third-order valence-electron chi connectivity index (χ3n) is 3.58. The molecule has 0 aliphatic heterocycles. The molecule has 0 amide bonds. The van der Waals surface area contributed by atoms with E-state index in [1.54, 1.807) is 25.5 Å². The molecule has 0 atom stereocenters. The molecule has 0 aliphatic rings. The van der Waals surface area contributed by atoms with Crippen molar-refractivity contribution < 1.29 is 14.5 Å². The lowest BCUT2D eigenvalue weighted by Gasteiger charge is -2.12. The number of pyridine rings is 2. The van der Waals surface area contributed by atoms with Crippen LogP contribution in [0, 0.1) is 0 Å². The Morgan fingerprint density at radius 3 is 3.00 bits per heavy atom. The Labute approximate surface area is 148 Å². The van der Waals surface area contributed by atoms with Crippen LogP contribution in [0.1, 0.15) is 22.8 Å². The molecule has 2 N–H and O–H groups in total. The minimum atomic E-state index is -0.357. The molecule has 24 heavy (non-hydrogen) atoms. The average Bonchev–Trinajstić information content (AvgIpc) is 2.60. The van der Waals surface area contributed by atoms with E-state index in [-0.39, 0.29) is 5.97 Å². The number of anilines is 1. The van der Waals surface area contributed by atoms with Crippen LogP contribution in [0.15, 0.2) is 53.4 Å². The Bertz CT molecular complexity index is 869. The number of fused-ring (bicyclic) bond motifs is 1. The maximum absolute atomic E-state index is 12.3. The van der Waals surface area contributed by atoms with E-state index >= 15 is 0 Å². The summed E-state index contributed by atoms with van der Waals surface area (Å²) in [5, 5.41) is 4.27. The minimum absolute atomic E-state index is 0.331. The van der Waals surface area contributed by atoms with Gasteiger partial charge in [0.25, 0.3) is 0 Å². The summed E-state index contributed by atoms with van der Waals surface area (Å²) in [5.74, 6) is -0.357. The maximum Gasteiger partial charge on any atom is 0.346 e. The van der Waals surface area contributed by atoms with Crippen molar-refractivity contribution in [1.82, 2.24) is 4.98 Å². The Morgan fingerprint density at radius 1 is 1.38 bits per heavy atom. The van der Waals surface area contributed by atoms with Crippen LogP contribution in [-0.4, -0.2) is 17.6 Å². The number of carbonyl (C=O) groups excluding carboxylic acids is 1. The molecule has 0 saturated carbocycles. The topological polar surface area (TPSA) is 65.4 Å². The number of hydrogen-bond donors (Lipinski definition) is 1. The summed E-state index contributed by atoms with van der Waals surface area (Å²) in [4.78, 5) is 19.6. The van der Waals surface area contributed by atoms with Gasteiger partial charge in [-0.15, -0.1) is 0 Å². The van der Waals surface area contributed by atoms with Crippen molar-refractivity contribution in [3.05, 3.63) is 64.5 Å². The molecule has 1 aromatic carbocycles. The third-order valence-corrected chi connectivity index (χ3v) is 4.07. The van der Waals surface area contributed by atoms with E-state index in [1.807, 2.05) is 30.3 Å². The molecule has 2 aromatic heterocycles. The zero-order valence-corrected chi connectivity index (χ0v) is 14.8. The van der Waals surface area contributed by atoms with Gasteiger partial charge in [-0.3, -0.25) is 4.98 Å². The van der Waals surface area contributed by atoms with Crippen molar-refractivity contribution in [2.75, 3.05) is 11.9 Å². The van der Waals surface area contributed by atoms with Crippen LogP contribution in [-0.2, 0) is 11.3 Å². The van der Waals surface area contributed by atoms with Gasteiger partial charge in [-0.25, -0.2) is 9.78 Å². The molecule has 3 aromatic rings. The summed E-state index contributed by atoms with van der Waals surface area (Å²) in [6, 6.07) is 9.76. The van der Waals surface area contributed by atoms with Gasteiger partial charge in [0.1, 0.15) is 5.56 Å². The zero-order valence-electron chi connectivity index (χ0n) is 13.2. The fraction of sp³-hybridized carbons (Fsp3) is 0.167. The van der Waals surface area contributed by atoms with Crippen LogP contribution in [0.3, 0.4) is 0 Å². The van der Waals surface area contributed by atoms with Crippen LogP contribution in [0.4, 0.5) is 5.69 Å². The number of H-pyrrole nitrogens is 1. The van der Waals surface area contributed by atoms with Crippen molar-refractivity contribution in [3.8, 4) is 0 Å². The van der Waals surface area contributed by atoms with E-state index in [0.717, 1.165) is 26.6 Å². The Hall–Kier alpha value is -2.47. The van der Waals surface area contributed by atoms with Crippen LogP contribution in [0.25, 0.3) is 10.9 Å². The quantitative estimate of drug-likeness (QED) is 0.680. The molecule has 0 fully saturated rings. The number of benzene rings is 1. The standard InChI is InChI=1S/C18H16BrN3O2/c1-2-24-18(23)15-11-21-16-6-5-13(19)8-14(16)17(15)22-10-12-4-3-7-20-9-12/h3-9,11H,2,10H2,1H3,(H,21,22)/p+1. The number of aromatic nitrogens is 2. The molecule has 6 heteroatoms. The SMILES string of the molecule is CCOC(=O)c1c[nH+]c2ccc(Br)cc2c1NCc1cccnc1. The summed E-state index contributed by atoms with van der Waals surface area (Å²) < 4.78 is 6.12. The molecule has 0 saturated heterocycles. The molecule has 122 valence electrons. The van der Waals surface area contributed by atoms with Crippen molar-refractivity contribution >= 4 is 38.5 Å². The zero-order chi connectivity index (χ0) is 16.9. The number of hydrogen-bond acceptors (Lipinski definition) is 4. The molecule has 0 spiro atoms. The van der Waals surface area contributed by atoms with Crippen molar-refractivity contribution in [2.45, 2.75) is 13.5 Å². The fourth-order valence-electron chi connectivity index (χ4n) is 2.47. The highest BCUT2D eigenvalue weighted by Gasteiger charge is 2.20. The predicted molar refractivity (Wildman–Crippen MR) is 95.7 cm³/mol. The summed E-state index contributed by atoms with van der Waals surface area (Å²) in [7, 11) is 0. The van der Waals surface area contributed by atoms with E-state index in [1.165, 1.54) is 0 Å². The monoisotopic (exact) mass is 386 g/mol. The first kappa shape index (κ1) is 16.4. The summed E-state index contributed by atoms with van der Waals surface area (Å²) in [6.45, 7) is 2.69. The first-order valence-electron chi connectivity index (χ1n) is 7.63. The molecular weight excluding hydrogens is 370 g/mol. The van der Waals surface area contributed by atoms with Gasteiger partial charge in [-0.05, 0) is 30.7 Å². The van der Waals surface area contributed by atoms with Gasteiger partial charge in [0.2, 0.25) is 5.52 Å². The van der Waals surface area contributed by atoms with Gasteiger partial charge >= 0.3 is 5.97 Å². The molecule has 3 rings (SSSR count). The van der Waals surface area contributed by atoms with E-state index < -0.39 is 0 Å². The highest BCUT2D eigenvalue weighted by atomic mass is 79.9. The van der Waals surface area contributed by atoms with Crippen molar-refractivity contribution in [3.63, 3.8) is 0 Å². The van der Waals surface area contributed by atoms with Crippen LogP contribution >= 0.6 is 15.9 Å². The van der Waals surface area contributed by atoms with E-state index in [9.17, 15) is 4.79 Å².